The number of amides is 1. The molecule has 33 heavy (non-hydrogen) atoms. The smallest absolute Gasteiger partial charge is 0.323 e. The average Bonchev–Trinajstić information content (AvgIpc) is 3.02. The van der Waals surface area contributed by atoms with Crippen molar-refractivity contribution in [3.05, 3.63) is 59.7 Å². The molecular weight excluding hydrogens is 488 g/mol. The molecule has 2 atom stereocenters. The number of carboxylic acids is 1. The molecule has 1 aliphatic heterocycles. The summed E-state index contributed by atoms with van der Waals surface area (Å²) < 4.78 is 10.8. The SMILES string of the molecule is COC(=O)[C@@H](N)Cc1ccc(Oc2ccc(CC3SC(=S)N(CC(=O)O)C3=O)cc2)cc1.Cl. The van der Waals surface area contributed by atoms with E-state index in [1.165, 1.54) is 18.9 Å². The minimum absolute atomic E-state index is 0. The van der Waals surface area contributed by atoms with Crippen LogP contribution in [0.15, 0.2) is 48.5 Å². The monoisotopic (exact) mass is 510 g/mol. The minimum atomic E-state index is -1.09. The molecule has 176 valence electrons. The van der Waals surface area contributed by atoms with E-state index in [1.807, 2.05) is 24.3 Å². The number of rotatable bonds is 9. The Hall–Kier alpha value is -2.66. The number of carboxylic acid groups (broad SMARTS) is 1. The Labute approximate surface area is 206 Å². The fraction of sp³-hybridized carbons (Fsp3) is 0.273. The van der Waals surface area contributed by atoms with E-state index >= 15 is 0 Å². The third kappa shape index (κ3) is 7.16. The van der Waals surface area contributed by atoms with Crippen LogP contribution in [0.1, 0.15) is 11.1 Å². The summed E-state index contributed by atoms with van der Waals surface area (Å²) >= 11 is 6.34. The van der Waals surface area contributed by atoms with Crippen molar-refractivity contribution in [1.82, 2.24) is 4.90 Å². The molecule has 0 aromatic heterocycles. The van der Waals surface area contributed by atoms with Crippen molar-refractivity contribution in [2.75, 3.05) is 13.7 Å². The number of carbonyl (C=O) groups excluding carboxylic acids is 2. The molecule has 1 unspecified atom stereocenters. The highest BCUT2D eigenvalue weighted by Crippen LogP contribution is 2.30. The predicted octanol–water partition coefficient (Wildman–Crippen LogP) is 2.80. The number of benzene rings is 2. The highest BCUT2D eigenvalue weighted by Gasteiger charge is 2.37. The second kappa shape index (κ2) is 12.0. The fourth-order valence-corrected chi connectivity index (χ4v) is 4.66. The quantitative estimate of drug-likeness (QED) is 0.387. The van der Waals surface area contributed by atoms with Gasteiger partial charge in [-0.15, -0.1) is 12.4 Å². The molecule has 1 fully saturated rings. The average molecular weight is 511 g/mol. The van der Waals surface area contributed by atoms with Crippen molar-refractivity contribution in [2.24, 2.45) is 5.73 Å². The molecule has 0 bridgehead atoms. The van der Waals surface area contributed by atoms with Gasteiger partial charge in [-0.3, -0.25) is 19.3 Å². The largest absolute Gasteiger partial charge is 0.480 e. The van der Waals surface area contributed by atoms with Gasteiger partial charge in [0, 0.05) is 0 Å². The Kier molecular flexibility index (Phi) is 9.66. The highest BCUT2D eigenvalue weighted by molar-refractivity contribution is 8.24. The van der Waals surface area contributed by atoms with Crippen molar-refractivity contribution >= 4 is 58.6 Å². The standard InChI is InChI=1S/C22H22N2O6S2.ClH/c1-29-21(28)17(23)10-13-2-6-15(7-3-13)30-16-8-4-14(5-9-16)11-18-20(27)24(12-19(25)26)22(31)32-18;/h2-9,17-18H,10-12,23H2,1H3,(H,25,26);1H/t17-,18?;/m0./s1. The van der Waals surface area contributed by atoms with Gasteiger partial charge in [0.2, 0.25) is 5.91 Å². The van der Waals surface area contributed by atoms with Crippen LogP contribution < -0.4 is 10.5 Å². The van der Waals surface area contributed by atoms with Crippen LogP contribution in [0.4, 0.5) is 0 Å². The summed E-state index contributed by atoms with van der Waals surface area (Å²) in [7, 11) is 1.30. The zero-order valence-corrected chi connectivity index (χ0v) is 20.1. The maximum Gasteiger partial charge on any atom is 0.323 e. The van der Waals surface area contributed by atoms with E-state index in [1.54, 1.807) is 24.3 Å². The molecule has 11 heteroatoms. The third-order valence-electron chi connectivity index (χ3n) is 4.76. The van der Waals surface area contributed by atoms with Gasteiger partial charge in [-0.1, -0.05) is 48.2 Å². The number of esters is 1. The normalized spacial score (nSPS) is 16.2. The summed E-state index contributed by atoms with van der Waals surface area (Å²) in [5.74, 6) is -0.581. The first kappa shape index (κ1) is 26.6. The first-order chi connectivity index (χ1) is 15.3. The number of methoxy groups -OCH3 is 1. The van der Waals surface area contributed by atoms with E-state index in [-0.39, 0.29) is 18.3 Å². The molecule has 0 saturated carbocycles. The molecule has 8 nitrogen and oxygen atoms in total. The number of ether oxygens (including phenoxy) is 2. The lowest BCUT2D eigenvalue weighted by Gasteiger charge is -2.12. The number of hydrogen-bond acceptors (Lipinski definition) is 8. The topological polar surface area (TPSA) is 119 Å². The van der Waals surface area contributed by atoms with Crippen LogP contribution in [0, 0.1) is 0 Å². The molecule has 3 N–H and O–H groups in total. The van der Waals surface area contributed by atoms with Gasteiger partial charge in [-0.2, -0.15) is 0 Å². The maximum absolute atomic E-state index is 12.4. The Morgan fingerprint density at radius 2 is 1.67 bits per heavy atom. The van der Waals surface area contributed by atoms with Gasteiger partial charge < -0.3 is 20.3 Å². The van der Waals surface area contributed by atoms with Crippen LogP contribution in [0.3, 0.4) is 0 Å². The zero-order valence-electron chi connectivity index (χ0n) is 17.6. The molecule has 0 aliphatic carbocycles. The summed E-state index contributed by atoms with van der Waals surface area (Å²) in [6.45, 7) is -0.415. The fourth-order valence-electron chi connectivity index (χ4n) is 3.13. The Balaban J connectivity index is 0.00000385. The van der Waals surface area contributed by atoms with E-state index in [4.69, 9.17) is 27.8 Å². The molecule has 1 amide bonds. The van der Waals surface area contributed by atoms with Crippen LogP contribution in [0.2, 0.25) is 0 Å². The Morgan fingerprint density at radius 3 is 2.18 bits per heavy atom. The summed E-state index contributed by atoms with van der Waals surface area (Å²) in [6, 6.07) is 13.9. The summed E-state index contributed by atoms with van der Waals surface area (Å²) in [6.07, 6.45) is 0.808. The van der Waals surface area contributed by atoms with Gasteiger partial charge in [0.25, 0.3) is 0 Å². The van der Waals surface area contributed by atoms with Gasteiger partial charge in [-0.25, -0.2) is 0 Å². The van der Waals surface area contributed by atoms with Crippen LogP contribution in [0.5, 0.6) is 11.5 Å². The van der Waals surface area contributed by atoms with Crippen molar-refractivity contribution in [2.45, 2.75) is 24.1 Å². The molecule has 0 radical (unpaired) electrons. The van der Waals surface area contributed by atoms with Crippen molar-refractivity contribution < 1.29 is 29.0 Å². The van der Waals surface area contributed by atoms with Gasteiger partial charge in [0.1, 0.15) is 28.4 Å². The summed E-state index contributed by atoms with van der Waals surface area (Å²) in [4.78, 5) is 35.9. The lowest BCUT2D eigenvalue weighted by atomic mass is 10.1. The zero-order chi connectivity index (χ0) is 23.3. The first-order valence-corrected chi connectivity index (χ1v) is 11.0. The minimum Gasteiger partial charge on any atom is -0.480 e. The maximum atomic E-state index is 12.4. The molecule has 2 aromatic rings. The molecule has 1 saturated heterocycles. The van der Waals surface area contributed by atoms with Crippen molar-refractivity contribution in [3.63, 3.8) is 0 Å². The van der Waals surface area contributed by atoms with E-state index in [0.29, 0.717) is 28.7 Å². The molecule has 1 heterocycles. The van der Waals surface area contributed by atoms with Gasteiger partial charge in [0.15, 0.2) is 0 Å². The summed E-state index contributed by atoms with van der Waals surface area (Å²) in [5, 5.41) is 8.49. The lowest BCUT2D eigenvalue weighted by Crippen LogP contribution is -2.36. The van der Waals surface area contributed by atoms with E-state index in [0.717, 1.165) is 16.0 Å². The second-order valence-electron chi connectivity index (χ2n) is 7.12. The van der Waals surface area contributed by atoms with E-state index < -0.39 is 29.8 Å². The Morgan fingerprint density at radius 1 is 1.12 bits per heavy atom. The van der Waals surface area contributed by atoms with Crippen molar-refractivity contribution in [1.29, 1.82) is 0 Å². The lowest BCUT2D eigenvalue weighted by molar-refractivity contribution is -0.142. The predicted molar refractivity (Wildman–Crippen MR) is 131 cm³/mol. The van der Waals surface area contributed by atoms with Crippen LogP contribution in [0.25, 0.3) is 0 Å². The highest BCUT2D eigenvalue weighted by atomic mass is 35.5. The summed E-state index contributed by atoms with van der Waals surface area (Å²) in [5.41, 5.74) is 7.58. The first-order valence-electron chi connectivity index (χ1n) is 9.69. The van der Waals surface area contributed by atoms with Crippen LogP contribution in [-0.2, 0) is 32.0 Å². The molecule has 2 aromatic carbocycles. The molecule has 3 rings (SSSR count). The van der Waals surface area contributed by atoms with Crippen LogP contribution in [-0.4, -0.2) is 57.1 Å². The van der Waals surface area contributed by atoms with E-state index in [9.17, 15) is 14.4 Å². The Bertz CT molecular complexity index is 1020. The number of aliphatic carboxylic acids is 1. The van der Waals surface area contributed by atoms with Gasteiger partial charge in [0.05, 0.1) is 12.4 Å². The van der Waals surface area contributed by atoms with E-state index in [2.05, 4.69) is 4.74 Å². The van der Waals surface area contributed by atoms with Gasteiger partial charge in [-0.05, 0) is 48.2 Å². The number of nitrogens with zero attached hydrogens (tertiary/aromatic N) is 1. The number of halogens is 1. The molecule has 0 spiro atoms. The van der Waals surface area contributed by atoms with Crippen molar-refractivity contribution in [3.8, 4) is 11.5 Å². The van der Waals surface area contributed by atoms with Gasteiger partial charge >= 0.3 is 11.9 Å². The third-order valence-corrected chi connectivity index (χ3v) is 6.35. The second-order valence-corrected chi connectivity index (χ2v) is 8.95. The number of carbonyl (C=O) groups is 3. The number of thiocarbonyl (C=S) groups is 1. The number of nitrogens with two attached hydrogens (primary N) is 1. The molecular formula is C22H23ClN2O6S2. The van der Waals surface area contributed by atoms with Crippen LogP contribution >= 0.6 is 36.4 Å². The number of thioether (sulfide) groups is 1. The molecule has 1 aliphatic rings. The number of hydrogen-bond donors (Lipinski definition) is 2.